The molecule has 0 bridgehead atoms. The molecule has 0 saturated heterocycles. The summed E-state index contributed by atoms with van der Waals surface area (Å²) in [5, 5.41) is 3.03. The minimum atomic E-state index is -0.770. The van der Waals surface area contributed by atoms with Gasteiger partial charge in [-0.2, -0.15) is 0 Å². The SMILES string of the molecule is NC(=O)NC(CC(=O)OCc1cc(=O)n2cc(Br)ccc2n1)c1ccc(Cl)cc1. The number of nitrogens with two attached hydrogens (primary N) is 1. The van der Waals surface area contributed by atoms with Crippen molar-refractivity contribution in [3.8, 4) is 0 Å². The first-order chi connectivity index (χ1) is 13.8. The van der Waals surface area contributed by atoms with E-state index >= 15 is 0 Å². The maximum absolute atomic E-state index is 12.3. The van der Waals surface area contributed by atoms with Crippen LogP contribution in [0.15, 0.2) is 57.9 Å². The van der Waals surface area contributed by atoms with Gasteiger partial charge in [0.2, 0.25) is 0 Å². The Bertz CT molecular complexity index is 1120. The largest absolute Gasteiger partial charge is 0.459 e. The summed E-state index contributed by atoms with van der Waals surface area (Å²) in [6, 6.07) is 9.92. The highest BCUT2D eigenvalue weighted by molar-refractivity contribution is 9.10. The third kappa shape index (κ3) is 5.55. The first-order valence-electron chi connectivity index (χ1n) is 8.47. The zero-order valence-corrected chi connectivity index (χ0v) is 17.3. The molecule has 0 saturated carbocycles. The summed E-state index contributed by atoms with van der Waals surface area (Å²) >= 11 is 9.16. The van der Waals surface area contributed by atoms with Gasteiger partial charge in [0.25, 0.3) is 5.56 Å². The van der Waals surface area contributed by atoms with Gasteiger partial charge in [-0.05, 0) is 45.8 Å². The number of aromatic nitrogens is 2. The summed E-state index contributed by atoms with van der Waals surface area (Å²) in [4.78, 5) is 40.1. The Balaban J connectivity index is 1.69. The average molecular weight is 480 g/mol. The minimum Gasteiger partial charge on any atom is -0.459 e. The van der Waals surface area contributed by atoms with Crippen LogP contribution in [-0.4, -0.2) is 21.4 Å². The van der Waals surface area contributed by atoms with Gasteiger partial charge in [0, 0.05) is 21.8 Å². The predicted molar refractivity (Wildman–Crippen MR) is 110 cm³/mol. The summed E-state index contributed by atoms with van der Waals surface area (Å²) in [5.41, 5.74) is 6.31. The fraction of sp³-hybridized carbons (Fsp3) is 0.158. The standard InChI is InChI=1S/C19H16BrClN4O4/c20-12-3-6-16-23-14(7-17(26)25(16)9-12)10-29-18(27)8-15(24-19(22)28)11-1-4-13(21)5-2-11/h1-7,9,15H,8,10H2,(H3,22,24,28). The van der Waals surface area contributed by atoms with Crippen molar-refractivity contribution < 1.29 is 14.3 Å². The molecule has 150 valence electrons. The van der Waals surface area contributed by atoms with Crippen molar-refractivity contribution in [1.82, 2.24) is 14.7 Å². The van der Waals surface area contributed by atoms with Crippen LogP contribution < -0.4 is 16.6 Å². The van der Waals surface area contributed by atoms with Gasteiger partial charge in [-0.25, -0.2) is 9.78 Å². The number of nitrogens with one attached hydrogen (secondary N) is 1. The lowest BCUT2D eigenvalue weighted by molar-refractivity contribution is -0.145. The van der Waals surface area contributed by atoms with Gasteiger partial charge < -0.3 is 15.8 Å². The first kappa shape index (κ1) is 20.8. The van der Waals surface area contributed by atoms with E-state index in [0.717, 1.165) is 4.47 Å². The van der Waals surface area contributed by atoms with E-state index in [1.165, 1.54) is 10.5 Å². The van der Waals surface area contributed by atoms with Crippen LogP contribution in [0.3, 0.4) is 0 Å². The van der Waals surface area contributed by atoms with Crippen LogP contribution in [0.2, 0.25) is 5.02 Å². The number of hydrogen-bond donors (Lipinski definition) is 2. The Morgan fingerprint density at radius 2 is 1.97 bits per heavy atom. The second kappa shape index (κ2) is 9.06. The van der Waals surface area contributed by atoms with Gasteiger partial charge in [-0.3, -0.25) is 14.0 Å². The maximum atomic E-state index is 12.3. The van der Waals surface area contributed by atoms with Crippen LogP contribution >= 0.6 is 27.5 Å². The third-order valence-electron chi connectivity index (χ3n) is 4.02. The molecule has 1 aromatic carbocycles. The molecule has 3 N–H and O–H groups in total. The quantitative estimate of drug-likeness (QED) is 0.527. The van der Waals surface area contributed by atoms with E-state index < -0.39 is 18.0 Å². The fourth-order valence-corrected chi connectivity index (χ4v) is 3.16. The van der Waals surface area contributed by atoms with E-state index in [9.17, 15) is 14.4 Å². The van der Waals surface area contributed by atoms with Crippen molar-refractivity contribution in [1.29, 1.82) is 0 Å². The Hall–Kier alpha value is -2.91. The Labute approximate surface area is 178 Å². The Kier molecular flexibility index (Phi) is 6.50. The van der Waals surface area contributed by atoms with Crippen LogP contribution in [0.1, 0.15) is 23.7 Å². The monoisotopic (exact) mass is 478 g/mol. The number of rotatable bonds is 6. The van der Waals surface area contributed by atoms with E-state index in [4.69, 9.17) is 22.1 Å². The lowest BCUT2D eigenvalue weighted by Gasteiger charge is -2.17. The fourth-order valence-electron chi connectivity index (χ4n) is 2.70. The number of carbonyl (C=O) groups is 2. The molecule has 0 radical (unpaired) electrons. The van der Waals surface area contributed by atoms with Gasteiger partial charge in [0.1, 0.15) is 12.3 Å². The van der Waals surface area contributed by atoms with Crippen molar-refractivity contribution in [3.63, 3.8) is 0 Å². The number of ether oxygens (including phenoxy) is 1. The Morgan fingerprint density at radius 1 is 1.24 bits per heavy atom. The number of urea groups is 1. The highest BCUT2D eigenvalue weighted by Gasteiger charge is 2.19. The van der Waals surface area contributed by atoms with Crippen LogP contribution in [0.25, 0.3) is 5.65 Å². The maximum Gasteiger partial charge on any atom is 0.312 e. The van der Waals surface area contributed by atoms with Crippen molar-refractivity contribution >= 4 is 45.2 Å². The molecule has 0 aliphatic rings. The normalized spacial score (nSPS) is 11.8. The molecule has 10 heteroatoms. The van der Waals surface area contributed by atoms with Crippen LogP contribution in [0.5, 0.6) is 0 Å². The van der Waals surface area contributed by atoms with Crippen molar-refractivity contribution in [2.75, 3.05) is 0 Å². The highest BCUT2D eigenvalue weighted by Crippen LogP contribution is 2.20. The molecule has 3 rings (SSSR count). The number of nitrogens with zero attached hydrogens (tertiary/aromatic N) is 2. The Morgan fingerprint density at radius 3 is 2.66 bits per heavy atom. The van der Waals surface area contributed by atoms with Crippen LogP contribution in [-0.2, 0) is 16.1 Å². The molecule has 1 unspecified atom stereocenters. The second-order valence-corrected chi connectivity index (χ2v) is 7.49. The van der Waals surface area contributed by atoms with Gasteiger partial charge in [0.05, 0.1) is 18.2 Å². The molecular formula is C19H16BrClN4O4. The second-order valence-electron chi connectivity index (χ2n) is 6.14. The van der Waals surface area contributed by atoms with Crippen molar-refractivity contribution in [3.05, 3.63) is 79.8 Å². The number of carbonyl (C=O) groups excluding carboxylic acids is 2. The molecule has 0 fully saturated rings. The van der Waals surface area contributed by atoms with E-state index in [1.807, 2.05) is 0 Å². The summed E-state index contributed by atoms with van der Waals surface area (Å²) < 4.78 is 7.35. The van der Waals surface area contributed by atoms with Crippen LogP contribution in [0, 0.1) is 0 Å². The number of primary amides is 1. The molecule has 0 aliphatic heterocycles. The molecule has 29 heavy (non-hydrogen) atoms. The lowest BCUT2D eigenvalue weighted by atomic mass is 10.0. The summed E-state index contributed by atoms with van der Waals surface area (Å²) in [7, 11) is 0. The van der Waals surface area contributed by atoms with E-state index in [0.29, 0.717) is 21.9 Å². The number of pyridine rings is 1. The zero-order valence-electron chi connectivity index (χ0n) is 15.0. The predicted octanol–water partition coefficient (Wildman–Crippen LogP) is 2.95. The number of hydrogen-bond acceptors (Lipinski definition) is 5. The molecular weight excluding hydrogens is 464 g/mol. The first-order valence-corrected chi connectivity index (χ1v) is 9.64. The molecule has 8 nitrogen and oxygen atoms in total. The van der Waals surface area contributed by atoms with Gasteiger partial charge in [-0.1, -0.05) is 23.7 Å². The topological polar surface area (TPSA) is 116 Å². The molecule has 2 aromatic heterocycles. The smallest absolute Gasteiger partial charge is 0.312 e. The molecule has 0 aliphatic carbocycles. The molecule has 3 aromatic rings. The average Bonchev–Trinajstić information content (AvgIpc) is 2.67. The summed E-state index contributed by atoms with van der Waals surface area (Å²) in [5.74, 6) is -0.587. The minimum absolute atomic E-state index is 0.149. The molecule has 2 heterocycles. The number of benzene rings is 1. The number of amides is 2. The third-order valence-corrected chi connectivity index (χ3v) is 4.74. The number of halogens is 2. The summed E-state index contributed by atoms with van der Waals surface area (Å²) in [6.07, 6.45) is 1.46. The number of fused-ring (bicyclic) bond motifs is 1. The lowest BCUT2D eigenvalue weighted by Crippen LogP contribution is -2.34. The highest BCUT2D eigenvalue weighted by atomic mass is 79.9. The molecule has 0 spiro atoms. The number of esters is 1. The van der Waals surface area contributed by atoms with E-state index in [2.05, 4.69) is 26.2 Å². The van der Waals surface area contributed by atoms with Crippen LogP contribution in [0.4, 0.5) is 4.79 Å². The van der Waals surface area contributed by atoms with Gasteiger partial charge in [0.15, 0.2) is 0 Å². The van der Waals surface area contributed by atoms with Gasteiger partial charge in [-0.15, -0.1) is 0 Å². The van der Waals surface area contributed by atoms with E-state index in [1.54, 1.807) is 42.6 Å². The van der Waals surface area contributed by atoms with Gasteiger partial charge >= 0.3 is 12.0 Å². The van der Waals surface area contributed by atoms with E-state index in [-0.39, 0.29) is 18.6 Å². The molecule has 2 amide bonds. The summed E-state index contributed by atoms with van der Waals surface area (Å²) in [6.45, 7) is -0.176. The van der Waals surface area contributed by atoms with Crippen molar-refractivity contribution in [2.45, 2.75) is 19.1 Å². The molecule has 1 atom stereocenters. The van der Waals surface area contributed by atoms with Crippen molar-refractivity contribution in [2.24, 2.45) is 5.73 Å². The zero-order chi connectivity index (χ0) is 21.0.